The monoisotopic (exact) mass is 123 g/mol. The maximum absolute atomic E-state index is 10.9. The van der Waals surface area contributed by atoms with Crippen LogP contribution in [0.2, 0.25) is 0 Å². The Morgan fingerprint density at radius 3 is 3.33 bits per heavy atom. The molecule has 0 aliphatic carbocycles. The number of hydrogen-bond acceptors (Lipinski definition) is 1. The van der Waals surface area contributed by atoms with E-state index in [0.29, 0.717) is 11.9 Å². The maximum atomic E-state index is 10.9. The lowest BCUT2D eigenvalue weighted by atomic mass is 10.2. The van der Waals surface area contributed by atoms with Gasteiger partial charge in [0.15, 0.2) is 0 Å². The molecule has 2 rings (SSSR count). The summed E-state index contributed by atoms with van der Waals surface area (Å²) in [6.45, 7) is 0. The number of hydrogen-bond donors (Lipinski definition) is 0. The molecule has 48 valence electrons. The first kappa shape index (κ1) is 5.03. The molecule has 2 aliphatic heterocycles. The minimum atomic E-state index is 0.300. The summed E-state index contributed by atoms with van der Waals surface area (Å²) >= 11 is 0. The maximum Gasteiger partial charge on any atom is 0.226 e. The van der Waals surface area contributed by atoms with E-state index in [0.717, 1.165) is 19.3 Å². The Hall–Kier alpha value is -0.790. The highest BCUT2D eigenvalue weighted by Crippen LogP contribution is 2.26. The smallest absolute Gasteiger partial charge is 0.226 e. The number of rotatable bonds is 0. The first-order valence-electron chi connectivity index (χ1n) is 3.36. The molecule has 2 heteroatoms. The van der Waals surface area contributed by atoms with Crippen LogP contribution < -0.4 is 0 Å². The van der Waals surface area contributed by atoms with Crippen LogP contribution in [0.1, 0.15) is 19.3 Å². The predicted molar refractivity (Wildman–Crippen MR) is 33.6 cm³/mol. The van der Waals surface area contributed by atoms with E-state index in [4.69, 9.17) is 0 Å². The predicted octanol–water partition coefficient (Wildman–Crippen LogP) is 0.895. The van der Waals surface area contributed by atoms with Gasteiger partial charge < -0.3 is 4.90 Å². The molecule has 1 atom stereocenters. The molecule has 0 radical (unpaired) electrons. The van der Waals surface area contributed by atoms with Crippen molar-refractivity contribution in [2.75, 3.05) is 0 Å². The van der Waals surface area contributed by atoms with E-state index >= 15 is 0 Å². The van der Waals surface area contributed by atoms with Crippen molar-refractivity contribution in [2.24, 2.45) is 0 Å². The van der Waals surface area contributed by atoms with Gasteiger partial charge in [-0.2, -0.15) is 0 Å². The van der Waals surface area contributed by atoms with Gasteiger partial charge in [-0.1, -0.05) is 6.08 Å². The average Bonchev–Trinajstić information content (AvgIpc) is 2.35. The van der Waals surface area contributed by atoms with Gasteiger partial charge in [-0.3, -0.25) is 4.79 Å². The van der Waals surface area contributed by atoms with Gasteiger partial charge in [-0.05, 0) is 12.8 Å². The van der Waals surface area contributed by atoms with Crippen LogP contribution in [0.5, 0.6) is 0 Å². The zero-order chi connectivity index (χ0) is 6.27. The average molecular weight is 123 g/mol. The minimum absolute atomic E-state index is 0.300. The molecule has 2 heterocycles. The Morgan fingerprint density at radius 1 is 1.67 bits per heavy atom. The molecular formula is C7H9NO. The van der Waals surface area contributed by atoms with Crippen molar-refractivity contribution in [1.29, 1.82) is 0 Å². The summed E-state index contributed by atoms with van der Waals surface area (Å²) < 4.78 is 0. The molecule has 2 aliphatic rings. The van der Waals surface area contributed by atoms with Crippen LogP contribution in [0.4, 0.5) is 0 Å². The summed E-state index contributed by atoms with van der Waals surface area (Å²) in [5.41, 5.74) is 0. The molecule has 0 aromatic rings. The molecule has 1 amide bonds. The molecule has 0 bridgehead atoms. The quantitative estimate of drug-likeness (QED) is 0.468. The van der Waals surface area contributed by atoms with Gasteiger partial charge in [-0.25, -0.2) is 0 Å². The van der Waals surface area contributed by atoms with Crippen molar-refractivity contribution in [1.82, 2.24) is 4.90 Å². The lowest BCUT2D eigenvalue weighted by molar-refractivity contribution is -0.126. The van der Waals surface area contributed by atoms with Gasteiger partial charge in [0.25, 0.3) is 0 Å². The lowest BCUT2D eigenvalue weighted by Crippen LogP contribution is -2.22. The zero-order valence-corrected chi connectivity index (χ0v) is 5.21. The second-order valence-electron chi connectivity index (χ2n) is 2.61. The summed E-state index contributed by atoms with van der Waals surface area (Å²) in [4.78, 5) is 12.8. The Labute approximate surface area is 54.1 Å². The third kappa shape index (κ3) is 0.590. The number of fused-ring (bicyclic) bond motifs is 1. The SMILES string of the molecule is O=C1CC[C@H]2CC=CN12. The first-order valence-corrected chi connectivity index (χ1v) is 3.36. The Kier molecular flexibility index (Phi) is 0.891. The molecule has 1 fully saturated rings. The molecule has 2 nitrogen and oxygen atoms in total. The normalized spacial score (nSPS) is 31.8. The van der Waals surface area contributed by atoms with Crippen molar-refractivity contribution >= 4 is 5.91 Å². The number of carbonyl (C=O) groups is 1. The van der Waals surface area contributed by atoms with Crippen molar-refractivity contribution in [3.05, 3.63) is 12.3 Å². The van der Waals surface area contributed by atoms with Crippen LogP contribution in [-0.2, 0) is 4.79 Å². The Balaban J connectivity index is 2.24. The highest BCUT2D eigenvalue weighted by molar-refractivity contribution is 5.80. The van der Waals surface area contributed by atoms with E-state index in [2.05, 4.69) is 6.08 Å². The third-order valence-electron chi connectivity index (χ3n) is 2.05. The second-order valence-corrected chi connectivity index (χ2v) is 2.61. The fourth-order valence-electron chi connectivity index (χ4n) is 1.53. The highest BCUT2D eigenvalue weighted by Gasteiger charge is 2.30. The molecule has 0 unspecified atom stereocenters. The molecule has 0 aromatic carbocycles. The molecular weight excluding hydrogens is 114 g/mol. The lowest BCUT2D eigenvalue weighted by Gasteiger charge is -2.11. The molecule has 9 heavy (non-hydrogen) atoms. The topological polar surface area (TPSA) is 20.3 Å². The van der Waals surface area contributed by atoms with Crippen molar-refractivity contribution < 1.29 is 4.79 Å². The van der Waals surface area contributed by atoms with E-state index < -0.39 is 0 Å². The third-order valence-corrected chi connectivity index (χ3v) is 2.05. The van der Waals surface area contributed by atoms with Crippen molar-refractivity contribution in [3.8, 4) is 0 Å². The molecule has 0 spiro atoms. The van der Waals surface area contributed by atoms with Crippen LogP contribution in [0, 0.1) is 0 Å². The minimum Gasteiger partial charge on any atom is -0.316 e. The fourth-order valence-corrected chi connectivity index (χ4v) is 1.53. The molecule has 0 saturated carbocycles. The fraction of sp³-hybridized carbons (Fsp3) is 0.571. The van der Waals surface area contributed by atoms with Crippen molar-refractivity contribution in [2.45, 2.75) is 25.3 Å². The van der Waals surface area contributed by atoms with Gasteiger partial charge in [0, 0.05) is 18.7 Å². The van der Waals surface area contributed by atoms with E-state index in [-0.39, 0.29) is 0 Å². The molecule has 0 N–H and O–H groups in total. The van der Waals surface area contributed by atoms with Crippen LogP contribution in [0.3, 0.4) is 0 Å². The Bertz CT molecular complexity index is 174. The summed E-state index contributed by atoms with van der Waals surface area (Å²) in [7, 11) is 0. The van der Waals surface area contributed by atoms with Gasteiger partial charge in [0.2, 0.25) is 5.91 Å². The number of nitrogens with zero attached hydrogens (tertiary/aromatic N) is 1. The number of carbonyl (C=O) groups excluding carboxylic acids is 1. The summed E-state index contributed by atoms with van der Waals surface area (Å²) in [5, 5.41) is 0. The van der Waals surface area contributed by atoms with Crippen LogP contribution in [0.15, 0.2) is 12.3 Å². The van der Waals surface area contributed by atoms with Crippen LogP contribution >= 0.6 is 0 Å². The van der Waals surface area contributed by atoms with Gasteiger partial charge in [0.1, 0.15) is 0 Å². The van der Waals surface area contributed by atoms with Gasteiger partial charge >= 0.3 is 0 Å². The highest BCUT2D eigenvalue weighted by atomic mass is 16.2. The van der Waals surface area contributed by atoms with E-state index in [1.165, 1.54) is 0 Å². The summed E-state index contributed by atoms with van der Waals surface area (Å²) in [6.07, 6.45) is 6.88. The summed E-state index contributed by atoms with van der Waals surface area (Å²) in [6, 6.07) is 0.525. The van der Waals surface area contributed by atoms with Gasteiger partial charge in [-0.15, -0.1) is 0 Å². The largest absolute Gasteiger partial charge is 0.316 e. The standard InChI is InChI=1S/C7H9NO/c9-7-4-3-6-2-1-5-8(6)7/h1,5-6H,2-4H2/t6-/m1/s1. The van der Waals surface area contributed by atoms with E-state index in [1.807, 2.05) is 11.1 Å². The Morgan fingerprint density at radius 2 is 2.56 bits per heavy atom. The molecule has 0 aromatic heterocycles. The van der Waals surface area contributed by atoms with Crippen LogP contribution in [-0.4, -0.2) is 16.8 Å². The van der Waals surface area contributed by atoms with E-state index in [9.17, 15) is 4.79 Å². The number of amides is 1. The first-order chi connectivity index (χ1) is 4.38. The second kappa shape index (κ2) is 1.59. The van der Waals surface area contributed by atoms with Gasteiger partial charge in [0.05, 0.1) is 0 Å². The molecule has 1 saturated heterocycles. The van der Waals surface area contributed by atoms with E-state index in [1.54, 1.807) is 0 Å². The summed E-state index contributed by atoms with van der Waals surface area (Å²) in [5.74, 6) is 0.300. The van der Waals surface area contributed by atoms with Crippen molar-refractivity contribution in [3.63, 3.8) is 0 Å². The zero-order valence-electron chi connectivity index (χ0n) is 5.21. The van der Waals surface area contributed by atoms with Crippen LogP contribution in [0.25, 0.3) is 0 Å².